The average Bonchev–Trinajstić information content (AvgIpc) is 3.00. The van der Waals surface area contributed by atoms with E-state index in [0.29, 0.717) is 19.1 Å². The fraction of sp³-hybridized carbons (Fsp3) is 0.571. The van der Waals surface area contributed by atoms with Crippen molar-refractivity contribution in [3.63, 3.8) is 0 Å². The maximum atomic E-state index is 11.0. The molecule has 0 bridgehead atoms. The first-order valence-corrected chi connectivity index (χ1v) is 8.33. The second kappa shape index (κ2) is 5.69. The summed E-state index contributed by atoms with van der Waals surface area (Å²) in [5.74, 6) is 0.702. The summed E-state index contributed by atoms with van der Waals surface area (Å²) >= 11 is 0. The Bertz CT molecular complexity index is 657. The Balaban J connectivity index is 1.90. The van der Waals surface area contributed by atoms with Crippen LogP contribution in [-0.2, 0) is 19.9 Å². The van der Waals surface area contributed by atoms with Gasteiger partial charge in [0.25, 0.3) is 0 Å². The van der Waals surface area contributed by atoms with Crippen LogP contribution in [0.5, 0.6) is 11.5 Å². The van der Waals surface area contributed by atoms with Gasteiger partial charge in [0.05, 0.1) is 32.5 Å². The first-order valence-electron chi connectivity index (χ1n) is 6.97. The number of fused-ring (bicyclic) bond motifs is 1. The molecule has 0 aliphatic carbocycles. The highest BCUT2D eigenvalue weighted by atomic mass is 32.3. The van der Waals surface area contributed by atoms with E-state index in [9.17, 15) is 8.42 Å². The van der Waals surface area contributed by atoms with Gasteiger partial charge in [0.2, 0.25) is 0 Å². The molecule has 7 nitrogen and oxygen atoms in total. The Hall–Kier alpha value is -1.35. The van der Waals surface area contributed by atoms with Gasteiger partial charge in [-0.2, -0.15) is 8.42 Å². The van der Waals surface area contributed by atoms with Crippen molar-refractivity contribution < 1.29 is 31.4 Å². The molecule has 1 aromatic carbocycles. The molecule has 0 radical (unpaired) electrons. The molecule has 2 unspecified atom stereocenters. The SMILES string of the molecule is COc1ccc([C@@H]2OCC3C2CO[C@@H]3C)cc1OS(=O)(=O)O. The molecule has 1 aromatic rings. The predicted octanol–water partition coefficient (Wildman–Crippen LogP) is 1.60. The lowest BCUT2D eigenvalue weighted by Crippen LogP contribution is -2.16. The van der Waals surface area contributed by atoms with Crippen LogP contribution in [-0.4, -0.2) is 39.4 Å². The summed E-state index contributed by atoms with van der Waals surface area (Å²) in [5.41, 5.74) is 0.768. The lowest BCUT2D eigenvalue weighted by molar-refractivity contribution is 0.0260. The maximum Gasteiger partial charge on any atom is 0.446 e. The summed E-state index contributed by atoms with van der Waals surface area (Å²) in [4.78, 5) is 0. The smallest absolute Gasteiger partial charge is 0.446 e. The Morgan fingerprint density at radius 1 is 1.18 bits per heavy atom. The Morgan fingerprint density at radius 3 is 2.59 bits per heavy atom. The zero-order chi connectivity index (χ0) is 15.9. The maximum absolute atomic E-state index is 11.0. The summed E-state index contributed by atoms with van der Waals surface area (Å²) in [6.45, 7) is 3.24. The zero-order valence-electron chi connectivity index (χ0n) is 12.3. The predicted molar refractivity (Wildman–Crippen MR) is 76.3 cm³/mol. The Morgan fingerprint density at radius 2 is 1.91 bits per heavy atom. The molecule has 3 rings (SSSR count). The normalized spacial score (nSPS) is 31.0. The topological polar surface area (TPSA) is 91.3 Å². The fourth-order valence-electron chi connectivity index (χ4n) is 3.16. The average molecular weight is 330 g/mol. The van der Waals surface area contributed by atoms with Crippen LogP contribution in [0.3, 0.4) is 0 Å². The molecule has 2 fully saturated rings. The van der Waals surface area contributed by atoms with Crippen molar-refractivity contribution in [3.05, 3.63) is 23.8 Å². The van der Waals surface area contributed by atoms with E-state index in [1.807, 2.05) is 6.92 Å². The summed E-state index contributed by atoms with van der Waals surface area (Å²) < 4.78 is 51.9. The fourth-order valence-corrected chi connectivity index (χ4v) is 3.52. The van der Waals surface area contributed by atoms with Crippen LogP contribution in [0.15, 0.2) is 18.2 Å². The van der Waals surface area contributed by atoms with E-state index in [1.165, 1.54) is 13.2 Å². The summed E-state index contributed by atoms with van der Waals surface area (Å²) in [5, 5.41) is 0. The van der Waals surface area contributed by atoms with E-state index >= 15 is 0 Å². The third-order valence-corrected chi connectivity index (χ3v) is 4.66. The van der Waals surface area contributed by atoms with E-state index in [-0.39, 0.29) is 29.6 Å². The lowest BCUT2D eigenvalue weighted by Gasteiger charge is -2.18. The van der Waals surface area contributed by atoms with Crippen molar-refractivity contribution in [2.75, 3.05) is 20.3 Å². The minimum absolute atomic E-state index is 0.0680. The number of hydrogen-bond donors (Lipinski definition) is 1. The van der Waals surface area contributed by atoms with Crippen LogP contribution in [0, 0.1) is 11.8 Å². The van der Waals surface area contributed by atoms with Gasteiger partial charge in [-0.3, -0.25) is 4.55 Å². The van der Waals surface area contributed by atoms with Crippen molar-refractivity contribution in [3.8, 4) is 11.5 Å². The van der Waals surface area contributed by atoms with Gasteiger partial charge >= 0.3 is 10.4 Å². The largest absolute Gasteiger partial charge is 0.493 e. The molecule has 22 heavy (non-hydrogen) atoms. The molecule has 0 amide bonds. The minimum atomic E-state index is -4.62. The van der Waals surface area contributed by atoms with Crippen LogP contribution in [0.4, 0.5) is 0 Å². The second-order valence-electron chi connectivity index (χ2n) is 5.54. The van der Waals surface area contributed by atoms with Gasteiger partial charge in [0.1, 0.15) is 0 Å². The first-order chi connectivity index (χ1) is 10.4. The lowest BCUT2D eigenvalue weighted by atomic mass is 9.87. The van der Waals surface area contributed by atoms with E-state index in [1.54, 1.807) is 12.1 Å². The standard InChI is InChI=1S/C14H18O7S/c1-8-10-6-20-14(11(10)7-19-8)9-3-4-12(18-2)13(5-9)21-22(15,16)17/h3-5,8,10-11,14H,6-7H2,1-2H3,(H,15,16,17)/t8-,10?,11?,14+/m1/s1. The van der Waals surface area contributed by atoms with E-state index in [4.69, 9.17) is 18.8 Å². The number of hydrogen-bond acceptors (Lipinski definition) is 6. The van der Waals surface area contributed by atoms with Crippen molar-refractivity contribution in [1.29, 1.82) is 0 Å². The summed E-state index contributed by atoms with van der Waals surface area (Å²) in [6, 6.07) is 4.90. The third-order valence-electron chi connectivity index (χ3n) is 4.27. The number of ether oxygens (including phenoxy) is 3. The van der Waals surface area contributed by atoms with Crippen molar-refractivity contribution in [2.24, 2.45) is 11.8 Å². The highest BCUT2D eigenvalue weighted by molar-refractivity contribution is 7.81. The summed E-state index contributed by atoms with van der Waals surface area (Å²) in [6.07, 6.45) is -0.0357. The highest BCUT2D eigenvalue weighted by Crippen LogP contribution is 2.46. The van der Waals surface area contributed by atoms with E-state index in [0.717, 1.165) is 5.56 Å². The van der Waals surface area contributed by atoms with E-state index in [2.05, 4.69) is 4.18 Å². The van der Waals surface area contributed by atoms with Crippen LogP contribution < -0.4 is 8.92 Å². The van der Waals surface area contributed by atoms with Crippen LogP contribution >= 0.6 is 0 Å². The Labute approximate surface area is 129 Å². The number of methoxy groups -OCH3 is 1. The second-order valence-corrected chi connectivity index (χ2v) is 6.56. The van der Waals surface area contributed by atoms with Gasteiger partial charge in [0, 0.05) is 11.8 Å². The van der Waals surface area contributed by atoms with Crippen molar-refractivity contribution in [2.45, 2.75) is 19.1 Å². The van der Waals surface area contributed by atoms with Crippen LogP contribution in [0.2, 0.25) is 0 Å². The molecular formula is C14H18O7S. The summed E-state index contributed by atoms with van der Waals surface area (Å²) in [7, 11) is -3.23. The molecule has 122 valence electrons. The first kappa shape index (κ1) is 15.5. The minimum Gasteiger partial charge on any atom is -0.493 e. The highest BCUT2D eigenvalue weighted by Gasteiger charge is 2.46. The van der Waals surface area contributed by atoms with Gasteiger partial charge in [-0.15, -0.1) is 0 Å². The molecule has 0 aromatic heterocycles. The molecule has 2 aliphatic rings. The molecular weight excluding hydrogens is 312 g/mol. The molecule has 1 N–H and O–H groups in total. The quantitative estimate of drug-likeness (QED) is 0.838. The van der Waals surface area contributed by atoms with Crippen LogP contribution in [0.25, 0.3) is 0 Å². The third kappa shape index (κ3) is 2.91. The molecule has 8 heteroatoms. The zero-order valence-corrected chi connectivity index (χ0v) is 13.1. The molecule has 2 saturated heterocycles. The van der Waals surface area contributed by atoms with Gasteiger partial charge in [-0.1, -0.05) is 6.07 Å². The molecule has 4 atom stereocenters. The van der Waals surface area contributed by atoms with Crippen LogP contribution in [0.1, 0.15) is 18.6 Å². The van der Waals surface area contributed by atoms with Crippen molar-refractivity contribution >= 4 is 10.4 Å². The van der Waals surface area contributed by atoms with Gasteiger partial charge in [0.15, 0.2) is 11.5 Å². The van der Waals surface area contributed by atoms with E-state index < -0.39 is 10.4 Å². The molecule has 0 saturated carbocycles. The number of benzene rings is 1. The van der Waals surface area contributed by atoms with Gasteiger partial charge in [-0.25, -0.2) is 0 Å². The molecule has 2 heterocycles. The van der Waals surface area contributed by atoms with Gasteiger partial charge < -0.3 is 18.4 Å². The monoisotopic (exact) mass is 330 g/mol. The number of rotatable bonds is 4. The van der Waals surface area contributed by atoms with Crippen molar-refractivity contribution in [1.82, 2.24) is 0 Å². The Kier molecular flexibility index (Phi) is 4.02. The molecule has 2 aliphatic heterocycles. The van der Waals surface area contributed by atoms with Gasteiger partial charge in [-0.05, 0) is 24.6 Å². The molecule has 0 spiro atoms.